The number of piperidine rings is 1. The molecule has 2 unspecified atom stereocenters. The summed E-state index contributed by atoms with van der Waals surface area (Å²) in [5, 5.41) is 9.80. The van der Waals surface area contributed by atoms with E-state index in [0.717, 1.165) is 37.2 Å². The number of methoxy groups -OCH3 is 1. The standard InChI is InChI=1S/C14H21NO2/c1-11(16)13-7-3-4-8-14(13)15-9-5-6-12(10-15)17-2/h3-4,7-8,11-12,16H,5-6,9-10H2,1-2H3. The second kappa shape index (κ2) is 5.52. The lowest BCUT2D eigenvalue weighted by atomic mass is 10.0. The van der Waals surface area contributed by atoms with Crippen molar-refractivity contribution in [3.63, 3.8) is 0 Å². The van der Waals surface area contributed by atoms with Crippen molar-refractivity contribution in [2.24, 2.45) is 0 Å². The SMILES string of the molecule is COC1CCCN(c2ccccc2C(C)O)C1. The number of para-hydroxylation sites is 1. The first-order chi connectivity index (χ1) is 8.22. The minimum absolute atomic E-state index is 0.311. The molecular weight excluding hydrogens is 214 g/mol. The molecule has 94 valence electrons. The van der Waals surface area contributed by atoms with E-state index in [9.17, 15) is 5.11 Å². The summed E-state index contributed by atoms with van der Waals surface area (Å²) in [4.78, 5) is 2.32. The van der Waals surface area contributed by atoms with E-state index in [1.54, 1.807) is 7.11 Å². The highest BCUT2D eigenvalue weighted by Crippen LogP contribution is 2.28. The van der Waals surface area contributed by atoms with Gasteiger partial charge in [0.2, 0.25) is 0 Å². The normalized spacial score (nSPS) is 22.5. The van der Waals surface area contributed by atoms with Crippen molar-refractivity contribution >= 4 is 5.69 Å². The number of hydrogen-bond donors (Lipinski definition) is 1. The minimum Gasteiger partial charge on any atom is -0.389 e. The molecule has 1 heterocycles. The third kappa shape index (κ3) is 2.79. The van der Waals surface area contributed by atoms with Gasteiger partial charge in [-0.25, -0.2) is 0 Å². The highest BCUT2D eigenvalue weighted by Gasteiger charge is 2.22. The highest BCUT2D eigenvalue weighted by atomic mass is 16.5. The average Bonchev–Trinajstić information content (AvgIpc) is 2.39. The van der Waals surface area contributed by atoms with Crippen molar-refractivity contribution in [1.82, 2.24) is 0 Å². The molecule has 0 amide bonds. The van der Waals surface area contributed by atoms with Crippen molar-refractivity contribution in [3.05, 3.63) is 29.8 Å². The summed E-state index contributed by atoms with van der Waals surface area (Å²) < 4.78 is 5.44. The molecule has 0 aliphatic carbocycles. The lowest BCUT2D eigenvalue weighted by Crippen LogP contribution is -2.39. The van der Waals surface area contributed by atoms with E-state index in [1.807, 2.05) is 25.1 Å². The van der Waals surface area contributed by atoms with Gasteiger partial charge in [0.25, 0.3) is 0 Å². The number of aliphatic hydroxyl groups excluding tert-OH is 1. The van der Waals surface area contributed by atoms with Crippen LogP contribution in [0.5, 0.6) is 0 Å². The Morgan fingerprint density at radius 2 is 2.18 bits per heavy atom. The van der Waals surface area contributed by atoms with Gasteiger partial charge in [-0.2, -0.15) is 0 Å². The number of anilines is 1. The molecule has 1 aliphatic rings. The van der Waals surface area contributed by atoms with E-state index < -0.39 is 6.10 Å². The van der Waals surface area contributed by atoms with Crippen molar-refractivity contribution in [3.8, 4) is 0 Å². The molecule has 0 aromatic heterocycles. The van der Waals surface area contributed by atoms with Gasteiger partial charge < -0.3 is 14.7 Å². The Balaban J connectivity index is 2.21. The Bertz CT molecular complexity index is 365. The van der Waals surface area contributed by atoms with Crippen LogP contribution < -0.4 is 4.90 Å². The summed E-state index contributed by atoms with van der Waals surface area (Å²) >= 11 is 0. The molecule has 17 heavy (non-hydrogen) atoms. The van der Waals surface area contributed by atoms with Gasteiger partial charge in [-0.1, -0.05) is 18.2 Å². The monoisotopic (exact) mass is 235 g/mol. The third-order valence-corrected chi connectivity index (χ3v) is 3.44. The largest absolute Gasteiger partial charge is 0.389 e. The molecule has 3 heteroatoms. The van der Waals surface area contributed by atoms with E-state index in [1.165, 1.54) is 0 Å². The summed E-state index contributed by atoms with van der Waals surface area (Å²) in [7, 11) is 1.77. The van der Waals surface area contributed by atoms with Crippen LogP contribution in [0.1, 0.15) is 31.4 Å². The van der Waals surface area contributed by atoms with Gasteiger partial charge in [0, 0.05) is 31.5 Å². The average molecular weight is 235 g/mol. The summed E-state index contributed by atoms with van der Waals surface area (Å²) in [6.07, 6.45) is 2.16. The Kier molecular flexibility index (Phi) is 4.02. The molecule has 1 fully saturated rings. The summed E-state index contributed by atoms with van der Waals surface area (Å²) in [6, 6.07) is 8.08. The zero-order chi connectivity index (χ0) is 12.3. The van der Waals surface area contributed by atoms with Gasteiger partial charge in [0.1, 0.15) is 0 Å². The van der Waals surface area contributed by atoms with Crippen LogP contribution in [0.3, 0.4) is 0 Å². The van der Waals surface area contributed by atoms with Crippen molar-refractivity contribution in [2.45, 2.75) is 32.0 Å². The molecule has 1 aromatic carbocycles. The molecule has 0 saturated carbocycles. The van der Waals surface area contributed by atoms with Crippen LogP contribution in [0, 0.1) is 0 Å². The fourth-order valence-corrected chi connectivity index (χ4v) is 2.48. The molecular formula is C14H21NO2. The van der Waals surface area contributed by atoms with Crippen LogP contribution in [0.25, 0.3) is 0 Å². The number of ether oxygens (including phenoxy) is 1. The summed E-state index contributed by atoms with van der Waals surface area (Å²) in [5.74, 6) is 0. The van der Waals surface area contributed by atoms with Gasteiger partial charge in [-0.05, 0) is 25.8 Å². The van der Waals surface area contributed by atoms with Crippen LogP contribution in [0.2, 0.25) is 0 Å². The quantitative estimate of drug-likeness (QED) is 0.873. The third-order valence-electron chi connectivity index (χ3n) is 3.44. The van der Waals surface area contributed by atoms with Crippen molar-refractivity contribution in [2.75, 3.05) is 25.1 Å². The maximum absolute atomic E-state index is 9.80. The molecule has 0 bridgehead atoms. The number of rotatable bonds is 3. The zero-order valence-electron chi connectivity index (χ0n) is 10.6. The molecule has 1 saturated heterocycles. The molecule has 3 nitrogen and oxygen atoms in total. The van der Waals surface area contributed by atoms with Crippen molar-refractivity contribution in [1.29, 1.82) is 0 Å². The maximum atomic E-state index is 9.80. The number of aliphatic hydroxyl groups is 1. The summed E-state index contributed by atoms with van der Waals surface area (Å²) in [6.45, 7) is 3.78. The number of benzene rings is 1. The zero-order valence-corrected chi connectivity index (χ0v) is 10.6. The van der Waals surface area contributed by atoms with Crippen LogP contribution in [-0.4, -0.2) is 31.4 Å². The van der Waals surface area contributed by atoms with Gasteiger partial charge >= 0.3 is 0 Å². The van der Waals surface area contributed by atoms with Crippen LogP contribution in [0.4, 0.5) is 5.69 Å². The second-order valence-electron chi connectivity index (χ2n) is 4.68. The fourth-order valence-electron chi connectivity index (χ4n) is 2.48. The van der Waals surface area contributed by atoms with Gasteiger partial charge in [-0.3, -0.25) is 0 Å². The molecule has 1 aromatic rings. The molecule has 2 atom stereocenters. The lowest BCUT2D eigenvalue weighted by Gasteiger charge is -2.35. The topological polar surface area (TPSA) is 32.7 Å². The van der Waals surface area contributed by atoms with Crippen molar-refractivity contribution < 1.29 is 9.84 Å². The van der Waals surface area contributed by atoms with E-state index >= 15 is 0 Å². The van der Waals surface area contributed by atoms with E-state index in [-0.39, 0.29) is 0 Å². The first-order valence-corrected chi connectivity index (χ1v) is 6.27. The van der Waals surface area contributed by atoms with Crippen LogP contribution in [-0.2, 0) is 4.74 Å². The number of nitrogens with zero attached hydrogens (tertiary/aromatic N) is 1. The number of hydrogen-bond acceptors (Lipinski definition) is 3. The smallest absolute Gasteiger partial charge is 0.0781 e. The van der Waals surface area contributed by atoms with E-state index in [4.69, 9.17) is 4.74 Å². The Hall–Kier alpha value is -1.06. The van der Waals surface area contributed by atoms with E-state index in [0.29, 0.717) is 6.10 Å². The molecule has 0 spiro atoms. The highest BCUT2D eigenvalue weighted by molar-refractivity contribution is 5.54. The van der Waals surface area contributed by atoms with Gasteiger partial charge in [-0.15, -0.1) is 0 Å². The Morgan fingerprint density at radius 1 is 1.41 bits per heavy atom. The molecule has 1 aliphatic heterocycles. The first kappa shape index (κ1) is 12.4. The Labute approximate surface area is 103 Å². The minimum atomic E-state index is -0.422. The van der Waals surface area contributed by atoms with Crippen LogP contribution in [0.15, 0.2) is 24.3 Å². The maximum Gasteiger partial charge on any atom is 0.0781 e. The molecule has 2 rings (SSSR count). The first-order valence-electron chi connectivity index (χ1n) is 6.27. The lowest BCUT2D eigenvalue weighted by molar-refractivity contribution is 0.0891. The summed E-state index contributed by atoms with van der Waals surface area (Å²) in [5.41, 5.74) is 2.15. The van der Waals surface area contributed by atoms with Gasteiger partial charge in [0.15, 0.2) is 0 Å². The molecule has 1 N–H and O–H groups in total. The molecule has 0 radical (unpaired) electrons. The predicted molar refractivity (Wildman–Crippen MR) is 69.3 cm³/mol. The second-order valence-corrected chi connectivity index (χ2v) is 4.68. The Morgan fingerprint density at radius 3 is 2.88 bits per heavy atom. The van der Waals surface area contributed by atoms with Gasteiger partial charge in [0.05, 0.1) is 12.2 Å². The predicted octanol–water partition coefficient (Wildman–Crippen LogP) is 2.36. The fraction of sp³-hybridized carbons (Fsp3) is 0.571. The van der Waals surface area contributed by atoms with Crippen LogP contribution >= 0.6 is 0 Å². The van der Waals surface area contributed by atoms with E-state index in [2.05, 4.69) is 11.0 Å².